The van der Waals surface area contributed by atoms with Crippen molar-refractivity contribution >= 4 is 6.21 Å². The molecule has 0 heterocycles. The predicted molar refractivity (Wildman–Crippen MR) is 49.8 cm³/mol. The van der Waals surface area contributed by atoms with Crippen LogP contribution in [0.1, 0.15) is 26.2 Å². The fraction of sp³-hybridized carbons (Fsp3) is 0.600. The molecule has 0 bridgehead atoms. The van der Waals surface area contributed by atoms with Gasteiger partial charge in [-0.3, -0.25) is 4.99 Å². The SMILES string of the molecule is C=C(CN=CC)[C@@H]1C[CH-]CC1.[W]. The molecule has 0 saturated heterocycles. The van der Waals surface area contributed by atoms with Gasteiger partial charge in [-0.15, -0.1) is 0 Å². The van der Waals surface area contributed by atoms with Crippen molar-refractivity contribution in [1.29, 1.82) is 0 Å². The van der Waals surface area contributed by atoms with Crippen LogP contribution in [0.2, 0.25) is 0 Å². The van der Waals surface area contributed by atoms with Crippen molar-refractivity contribution in [2.45, 2.75) is 26.2 Å². The first kappa shape index (κ1) is 12.1. The van der Waals surface area contributed by atoms with Crippen molar-refractivity contribution in [3.05, 3.63) is 18.6 Å². The fourth-order valence-corrected chi connectivity index (χ4v) is 1.46. The van der Waals surface area contributed by atoms with Crippen LogP contribution in [0.15, 0.2) is 17.1 Å². The van der Waals surface area contributed by atoms with Gasteiger partial charge in [-0.1, -0.05) is 18.6 Å². The second kappa shape index (κ2) is 6.60. The third-order valence-corrected chi connectivity index (χ3v) is 2.22. The molecule has 1 atom stereocenters. The zero-order valence-electron chi connectivity index (χ0n) is 7.62. The van der Waals surface area contributed by atoms with Crippen LogP contribution in [-0.2, 0) is 21.1 Å². The zero-order chi connectivity index (χ0) is 8.10. The fourth-order valence-electron chi connectivity index (χ4n) is 1.46. The quantitative estimate of drug-likeness (QED) is 0.428. The topological polar surface area (TPSA) is 12.4 Å². The molecule has 1 rings (SSSR count). The minimum atomic E-state index is 0. The number of nitrogens with zero attached hydrogens (tertiary/aromatic N) is 1. The number of aliphatic imine (C=N–C) groups is 1. The molecule has 0 aliphatic heterocycles. The summed E-state index contributed by atoms with van der Waals surface area (Å²) in [7, 11) is 0. The van der Waals surface area contributed by atoms with Crippen LogP contribution >= 0.6 is 0 Å². The van der Waals surface area contributed by atoms with Crippen LogP contribution in [-0.4, -0.2) is 12.8 Å². The standard InChI is InChI=1S/C10H16N.W/c1-3-11-8-9(2)10-6-4-5-7-10;/h3-4,10H,2,5-8H2,1H3;/q-1;/t10-;/m1./s1. The molecule has 12 heavy (non-hydrogen) atoms. The minimum absolute atomic E-state index is 0. The van der Waals surface area contributed by atoms with Crippen LogP contribution in [0.3, 0.4) is 0 Å². The molecule has 0 aromatic heterocycles. The van der Waals surface area contributed by atoms with E-state index in [2.05, 4.69) is 18.0 Å². The van der Waals surface area contributed by atoms with Crippen LogP contribution < -0.4 is 0 Å². The van der Waals surface area contributed by atoms with Crippen LogP contribution in [0, 0.1) is 12.3 Å². The van der Waals surface area contributed by atoms with Crippen molar-refractivity contribution in [2.75, 3.05) is 6.54 Å². The molecule has 0 N–H and O–H groups in total. The van der Waals surface area contributed by atoms with Gasteiger partial charge in [0.15, 0.2) is 0 Å². The van der Waals surface area contributed by atoms with Crippen LogP contribution in [0.4, 0.5) is 0 Å². The van der Waals surface area contributed by atoms with Gasteiger partial charge in [0.05, 0.1) is 6.54 Å². The number of rotatable bonds is 3. The van der Waals surface area contributed by atoms with Crippen molar-refractivity contribution in [1.82, 2.24) is 0 Å². The Bertz CT molecular complexity index is 157. The van der Waals surface area contributed by atoms with E-state index in [0.29, 0.717) is 0 Å². The molecule has 2 heteroatoms. The molecular weight excluding hydrogens is 318 g/mol. The van der Waals surface area contributed by atoms with E-state index < -0.39 is 0 Å². The van der Waals surface area contributed by atoms with Crippen molar-refractivity contribution in [3.63, 3.8) is 0 Å². The van der Waals surface area contributed by atoms with Gasteiger partial charge in [0.25, 0.3) is 0 Å². The monoisotopic (exact) mass is 334 g/mol. The van der Waals surface area contributed by atoms with E-state index in [1.165, 1.54) is 24.8 Å². The van der Waals surface area contributed by atoms with Gasteiger partial charge in [-0.05, 0) is 19.1 Å². The molecule has 0 aromatic carbocycles. The van der Waals surface area contributed by atoms with Gasteiger partial charge in [-0.25, -0.2) is 0 Å². The summed E-state index contributed by atoms with van der Waals surface area (Å²) in [4.78, 5) is 4.18. The average molecular weight is 334 g/mol. The predicted octanol–water partition coefficient (Wildman–Crippen LogP) is 2.64. The van der Waals surface area contributed by atoms with Gasteiger partial charge >= 0.3 is 0 Å². The van der Waals surface area contributed by atoms with Gasteiger partial charge in [0, 0.05) is 21.1 Å². The average Bonchev–Trinajstić information content (AvgIpc) is 2.52. The Balaban J connectivity index is 0.00000121. The summed E-state index contributed by atoms with van der Waals surface area (Å²) in [6.45, 7) is 6.82. The van der Waals surface area contributed by atoms with Crippen LogP contribution in [0.5, 0.6) is 0 Å². The molecule has 0 spiro atoms. The first-order valence-corrected chi connectivity index (χ1v) is 4.28. The Labute approximate surface area is 89.6 Å². The Morgan fingerprint density at radius 1 is 1.75 bits per heavy atom. The molecule has 1 nitrogen and oxygen atoms in total. The summed E-state index contributed by atoms with van der Waals surface area (Å²) in [5.41, 5.74) is 1.30. The maximum absolute atomic E-state index is 4.18. The van der Waals surface area contributed by atoms with Crippen molar-refractivity contribution in [2.24, 2.45) is 10.9 Å². The third kappa shape index (κ3) is 3.67. The molecule has 0 unspecified atom stereocenters. The van der Waals surface area contributed by atoms with E-state index in [4.69, 9.17) is 0 Å². The summed E-state index contributed by atoms with van der Waals surface area (Å²) in [6.07, 6.45) is 7.98. The summed E-state index contributed by atoms with van der Waals surface area (Å²) in [5.74, 6) is 0.721. The molecule has 1 aliphatic rings. The van der Waals surface area contributed by atoms with Gasteiger partial charge in [-0.2, -0.15) is 12.8 Å². The normalized spacial score (nSPS) is 22.6. The molecule has 0 aromatic rings. The van der Waals surface area contributed by atoms with Crippen molar-refractivity contribution in [3.8, 4) is 0 Å². The van der Waals surface area contributed by atoms with E-state index >= 15 is 0 Å². The summed E-state index contributed by atoms with van der Waals surface area (Å²) < 4.78 is 0. The van der Waals surface area contributed by atoms with E-state index in [1.807, 2.05) is 13.1 Å². The summed E-state index contributed by atoms with van der Waals surface area (Å²) in [6, 6.07) is 0. The molecule has 0 radical (unpaired) electrons. The maximum atomic E-state index is 4.18. The van der Waals surface area contributed by atoms with Gasteiger partial charge in [0.1, 0.15) is 0 Å². The second-order valence-corrected chi connectivity index (χ2v) is 3.06. The van der Waals surface area contributed by atoms with Crippen molar-refractivity contribution < 1.29 is 21.1 Å². The second-order valence-electron chi connectivity index (χ2n) is 3.06. The molecule has 0 amide bonds. The van der Waals surface area contributed by atoms with E-state index in [0.717, 1.165) is 12.5 Å². The zero-order valence-corrected chi connectivity index (χ0v) is 10.6. The first-order valence-electron chi connectivity index (χ1n) is 4.28. The summed E-state index contributed by atoms with van der Waals surface area (Å²) >= 11 is 0. The molecular formula is C10H16NW-. The van der Waals surface area contributed by atoms with Gasteiger partial charge in [0.2, 0.25) is 0 Å². The number of hydrogen-bond acceptors (Lipinski definition) is 1. The largest absolute Gasteiger partial charge is 0.328 e. The van der Waals surface area contributed by atoms with E-state index in [1.54, 1.807) is 0 Å². The van der Waals surface area contributed by atoms with E-state index in [-0.39, 0.29) is 21.1 Å². The van der Waals surface area contributed by atoms with Gasteiger partial charge < -0.3 is 6.42 Å². The number of hydrogen-bond donors (Lipinski definition) is 0. The first-order chi connectivity index (χ1) is 5.34. The molecule has 1 aliphatic carbocycles. The Kier molecular flexibility index (Phi) is 6.65. The molecule has 68 valence electrons. The maximum Gasteiger partial charge on any atom is 0.0594 e. The molecule has 1 fully saturated rings. The smallest absolute Gasteiger partial charge is 0.0594 e. The Morgan fingerprint density at radius 3 is 3.00 bits per heavy atom. The summed E-state index contributed by atoms with van der Waals surface area (Å²) in [5, 5.41) is 0. The van der Waals surface area contributed by atoms with E-state index in [9.17, 15) is 0 Å². The third-order valence-electron chi connectivity index (χ3n) is 2.22. The Hall–Kier alpha value is 0.0983. The van der Waals surface area contributed by atoms with Crippen LogP contribution in [0.25, 0.3) is 0 Å². The molecule has 1 saturated carbocycles. The Morgan fingerprint density at radius 2 is 2.50 bits per heavy atom. The minimum Gasteiger partial charge on any atom is -0.328 e.